The number of fused-ring (bicyclic) bond motifs is 1. The average molecular weight is 331 g/mol. The van der Waals surface area contributed by atoms with Crippen LogP contribution in [0.5, 0.6) is 5.75 Å². The summed E-state index contributed by atoms with van der Waals surface area (Å²) in [6.07, 6.45) is -0.757. The smallest absolute Gasteiger partial charge is 0.270 e. The first-order valence-corrected chi connectivity index (χ1v) is 7.21. The molecule has 0 amide bonds. The summed E-state index contributed by atoms with van der Waals surface area (Å²) in [6, 6.07) is 4.26. The molecule has 1 aliphatic rings. The minimum atomic E-state index is -0.757. The van der Waals surface area contributed by atoms with Crippen LogP contribution in [0.25, 0.3) is 0 Å². The third-order valence-corrected chi connectivity index (χ3v) is 4.11. The molecule has 2 rings (SSSR count). The highest BCUT2D eigenvalue weighted by Crippen LogP contribution is 2.43. The van der Waals surface area contributed by atoms with E-state index in [9.17, 15) is 15.2 Å². The van der Waals surface area contributed by atoms with E-state index in [1.165, 1.54) is 12.1 Å². The summed E-state index contributed by atoms with van der Waals surface area (Å²) < 4.78 is 5.84. The summed E-state index contributed by atoms with van der Waals surface area (Å²) in [5, 5.41) is 21.7. The average Bonchev–Trinajstić information content (AvgIpc) is 2.43. The fourth-order valence-electron chi connectivity index (χ4n) is 2.88. The molecule has 0 radical (unpaired) electrons. The Morgan fingerprint density at radius 3 is 2.45 bits per heavy atom. The molecular formula is C15H23ClN2O4. The third kappa shape index (κ3) is 3.19. The molecule has 1 aliphatic heterocycles. The number of nitro groups is 1. The Labute approximate surface area is 136 Å². The first-order chi connectivity index (χ1) is 9.81. The van der Waals surface area contributed by atoms with E-state index in [1.54, 1.807) is 6.07 Å². The predicted molar refractivity (Wildman–Crippen MR) is 86.7 cm³/mol. The van der Waals surface area contributed by atoms with Crippen LogP contribution in [0, 0.1) is 10.1 Å². The van der Waals surface area contributed by atoms with E-state index in [0.29, 0.717) is 11.3 Å². The maximum Gasteiger partial charge on any atom is 0.270 e. The highest BCUT2D eigenvalue weighted by Gasteiger charge is 2.45. The lowest BCUT2D eigenvalue weighted by molar-refractivity contribution is -0.385. The van der Waals surface area contributed by atoms with Gasteiger partial charge >= 0.3 is 0 Å². The molecule has 0 aromatic heterocycles. The second-order valence-corrected chi connectivity index (χ2v) is 5.80. The summed E-state index contributed by atoms with van der Waals surface area (Å²) in [5.74, 6) is 0.604. The van der Waals surface area contributed by atoms with Gasteiger partial charge in [-0.05, 0) is 33.0 Å². The number of halogens is 1. The summed E-state index contributed by atoms with van der Waals surface area (Å²) in [4.78, 5) is 12.7. The normalized spacial score (nSPS) is 22.5. The van der Waals surface area contributed by atoms with E-state index in [-0.39, 0.29) is 24.1 Å². The topological polar surface area (TPSA) is 75.8 Å². The lowest BCUT2D eigenvalue weighted by Gasteiger charge is -2.45. The fourth-order valence-corrected chi connectivity index (χ4v) is 2.88. The molecule has 0 unspecified atom stereocenters. The molecule has 7 heteroatoms. The molecule has 1 aromatic carbocycles. The van der Waals surface area contributed by atoms with Gasteiger partial charge in [-0.2, -0.15) is 0 Å². The van der Waals surface area contributed by atoms with Gasteiger partial charge in [-0.15, -0.1) is 12.4 Å². The molecule has 6 nitrogen and oxygen atoms in total. The van der Waals surface area contributed by atoms with Crippen molar-refractivity contribution in [1.29, 1.82) is 0 Å². The standard InChI is InChI=1S/C15H22N2O4.ClH/c1-5-16(6-2)13-11-9-10(17(19)20)7-8-12(11)21-15(3,4)14(13)18;/h7-9,13-14,18H,5-6H2,1-4H3;1H/t13-,14+;/m0./s1. The number of hydrogen-bond donors (Lipinski definition) is 1. The van der Waals surface area contributed by atoms with Crippen molar-refractivity contribution in [3.63, 3.8) is 0 Å². The fraction of sp³-hybridized carbons (Fsp3) is 0.600. The monoisotopic (exact) mass is 330 g/mol. The molecule has 1 aromatic rings. The largest absolute Gasteiger partial charge is 0.485 e. The molecule has 0 saturated carbocycles. The molecule has 0 fully saturated rings. The molecule has 124 valence electrons. The van der Waals surface area contributed by atoms with Crippen molar-refractivity contribution in [3.8, 4) is 5.75 Å². The van der Waals surface area contributed by atoms with E-state index in [4.69, 9.17) is 4.74 Å². The predicted octanol–water partition coefficient (Wildman–Crippen LogP) is 2.93. The maximum absolute atomic E-state index is 11.0. The first-order valence-electron chi connectivity index (χ1n) is 7.21. The number of hydrogen-bond acceptors (Lipinski definition) is 5. The second-order valence-electron chi connectivity index (χ2n) is 5.80. The van der Waals surface area contributed by atoms with Crippen LogP contribution in [0.4, 0.5) is 5.69 Å². The highest BCUT2D eigenvalue weighted by atomic mass is 35.5. The summed E-state index contributed by atoms with van der Waals surface area (Å²) in [6.45, 7) is 9.18. The van der Waals surface area contributed by atoms with Crippen LogP contribution in [0.2, 0.25) is 0 Å². The van der Waals surface area contributed by atoms with Gasteiger partial charge in [0.15, 0.2) is 0 Å². The lowest BCUT2D eigenvalue weighted by Crippen LogP contribution is -2.53. The van der Waals surface area contributed by atoms with Crippen LogP contribution >= 0.6 is 12.4 Å². The van der Waals surface area contributed by atoms with E-state index in [1.807, 2.05) is 27.7 Å². The van der Waals surface area contributed by atoms with Gasteiger partial charge in [0.1, 0.15) is 17.5 Å². The summed E-state index contributed by atoms with van der Waals surface area (Å²) in [5.41, 5.74) is -0.0442. The van der Waals surface area contributed by atoms with Gasteiger partial charge in [0.05, 0.1) is 11.0 Å². The van der Waals surface area contributed by atoms with Crippen molar-refractivity contribution < 1.29 is 14.8 Å². The zero-order valence-electron chi connectivity index (χ0n) is 13.3. The van der Waals surface area contributed by atoms with E-state index < -0.39 is 16.6 Å². The van der Waals surface area contributed by atoms with E-state index >= 15 is 0 Å². The van der Waals surface area contributed by atoms with Gasteiger partial charge in [0.2, 0.25) is 0 Å². The number of aliphatic hydroxyl groups excluding tert-OH is 1. The van der Waals surface area contributed by atoms with Crippen LogP contribution in [0.3, 0.4) is 0 Å². The molecule has 1 heterocycles. The molecular weight excluding hydrogens is 308 g/mol. The van der Waals surface area contributed by atoms with Crippen LogP contribution in [-0.2, 0) is 0 Å². The zero-order chi connectivity index (χ0) is 15.8. The Kier molecular flexibility index (Phi) is 5.78. The van der Waals surface area contributed by atoms with Crippen molar-refractivity contribution in [2.75, 3.05) is 13.1 Å². The number of benzene rings is 1. The number of ether oxygens (including phenoxy) is 1. The molecule has 0 saturated heterocycles. The van der Waals surface area contributed by atoms with Crippen molar-refractivity contribution in [2.24, 2.45) is 0 Å². The van der Waals surface area contributed by atoms with Crippen molar-refractivity contribution in [3.05, 3.63) is 33.9 Å². The Morgan fingerprint density at radius 2 is 1.95 bits per heavy atom. The zero-order valence-corrected chi connectivity index (χ0v) is 14.1. The SMILES string of the molecule is CCN(CC)[C@H]1c2cc([N+](=O)[O-])ccc2OC(C)(C)[C@@H]1O.Cl. The summed E-state index contributed by atoms with van der Waals surface area (Å²) >= 11 is 0. The van der Waals surface area contributed by atoms with Crippen molar-refractivity contribution in [1.82, 2.24) is 4.90 Å². The maximum atomic E-state index is 11.0. The molecule has 22 heavy (non-hydrogen) atoms. The highest BCUT2D eigenvalue weighted by molar-refractivity contribution is 5.85. The van der Waals surface area contributed by atoms with E-state index in [0.717, 1.165) is 13.1 Å². The minimum Gasteiger partial charge on any atom is -0.485 e. The third-order valence-electron chi connectivity index (χ3n) is 4.11. The molecule has 0 bridgehead atoms. The Bertz CT molecular complexity index is 546. The Balaban J connectivity index is 0.00000242. The van der Waals surface area contributed by atoms with Crippen molar-refractivity contribution >= 4 is 18.1 Å². The molecule has 0 spiro atoms. The van der Waals surface area contributed by atoms with Gasteiger partial charge < -0.3 is 9.84 Å². The quantitative estimate of drug-likeness (QED) is 0.678. The van der Waals surface area contributed by atoms with Gasteiger partial charge in [-0.1, -0.05) is 13.8 Å². The number of nitrogens with zero attached hydrogens (tertiary/aromatic N) is 2. The van der Waals surface area contributed by atoms with Gasteiger partial charge in [0, 0.05) is 17.7 Å². The minimum absolute atomic E-state index is 0. The van der Waals surface area contributed by atoms with Crippen LogP contribution < -0.4 is 4.74 Å². The summed E-state index contributed by atoms with van der Waals surface area (Å²) in [7, 11) is 0. The van der Waals surface area contributed by atoms with Gasteiger partial charge in [-0.25, -0.2) is 0 Å². The lowest BCUT2D eigenvalue weighted by atomic mass is 9.85. The van der Waals surface area contributed by atoms with Gasteiger partial charge in [-0.3, -0.25) is 15.0 Å². The number of non-ortho nitro benzene ring substituents is 1. The number of rotatable bonds is 4. The molecule has 1 N–H and O–H groups in total. The van der Waals surface area contributed by atoms with Crippen molar-refractivity contribution in [2.45, 2.75) is 45.4 Å². The number of aliphatic hydroxyl groups is 1. The Hall–Kier alpha value is -1.37. The van der Waals surface area contributed by atoms with Crippen LogP contribution in [-0.4, -0.2) is 39.7 Å². The first kappa shape index (κ1) is 18.7. The number of nitro benzene ring substituents is 1. The van der Waals surface area contributed by atoms with Crippen LogP contribution in [0.15, 0.2) is 18.2 Å². The van der Waals surface area contributed by atoms with E-state index in [2.05, 4.69) is 4.90 Å². The molecule has 2 atom stereocenters. The Morgan fingerprint density at radius 1 is 1.36 bits per heavy atom. The molecule has 0 aliphatic carbocycles. The van der Waals surface area contributed by atoms with Gasteiger partial charge in [0.25, 0.3) is 5.69 Å². The second kappa shape index (κ2) is 6.81. The number of likely N-dealkylation sites (N-methyl/N-ethyl adjacent to an activating group) is 1. The van der Waals surface area contributed by atoms with Crippen LogP contribution in [0.1, 0.15) is 39.3 Å².